The number of halogens is 2. The molecule has 1 aromatic carbocycles. The number of nitrogens with two attached hydrogens (primary N) is 1. The minimum Gasteiger partial charge on any atom is -0.395 e. The predicted molar refractivity (Wildman–Crippen MR) is 66.8 cm³/mol. The van der Waals surface area contributed by atoms with Crippen molar-refractivity contribution in [3.63, 3.8) is 0 Å². The van der Waals surface area contributed by atoms with E-state index in [0.29, 0.717) is 16.9 Å². The Morgan fingerprint density at radius 2 is 1.95 bits per heavy atom. The molecule has 1 aliphatic heterocycles. The molecule has 0 amide bonds. The van der Waals surface area contributed by atoms with Gasteiger partial charge in [-0.2, -0.15) is 0 Å². The van der Waals surface area contributed by atoms with Crippen LogP contribution in [-0.4, -0.2) is 25.9 Å². The van der Waals surface area contributed by atoms with Crippen LogP contribution in [-0.2, 0) is 0 Å². The van der Waals surface area contributed by atoms with Gasteiger partial charge in [-0.3, -0.25) is 4.40 Å². The molecule has 0 aliphatic carbocycles. The SMILES string of the molecule is Nc1nc(-c2ccc3c(c2)OC(F)(F)O3)cc2nncn12. The molecule has 0 saturated carbocycles. The number of hydrogen-bond acceptors (Lipinski definition) is 6. The Labute approximate surface area is 115 Å². The van der Waals surface area contributed by atoms with Crippen LogP contribution in [0.5, 0.6) is 11.5 Å². The molecule has 0 fully saturated rings. The number of rotatable bonds is 1. The van der Waals surface area contributed by atoms with Crippen LogP contribution in [0.15, 0.2) is 30.6 Å². The molecule has 0 spiro atoms. The van der Waals surface area contributed by atoms with E-state index in [1.165, 1.54) is 22.9 Å². The van der Waals surface area contributed by atoms with Gasteiger partial charge in [0.1, 0.15) is 6.33 Å². The molecule has 4 rings (SSSR count). The van der Waals surface area contributed by atoms with Gasteiger partial charge in [-0.05, 0) is 18.2 Å². The fraction of sp³-hybridized carbons (Fsp3) is 0.0833. The lowest BCUT2D eigenvalue weighted by Gasteiger charge is -2.05. The Morgan fingerprint density at radius 3 is 2.81 bits per heavy atom. The lowest BCUT2D eigenvalue weighted by Crippen LogP contribution is -2.25. The van der Waals surface area contributed by atoms with E-state index in [9.17, 15) is 8.78 Å². The number of alkyl halides is 2. The van der Waals surface area contributed by atoms with Crippen LogP contribution in [0.3, 0.4) is 0 Å². The van der Waals surface area contributed by atoms with Crippen LogP contribution in [0.2, 0.25) is 0 Å². The standard InChI is InChI=1S/C12H7F2N5O2/c13-12(14)20-8-2-1-6(3-9(8)21-12)7-4-10-18-16-5-19(10)11(15)17-7/h1-5H,(H2,15,17). The van der Waals surface area contributed by atoms with Crippen LogP contribution >= 0.6 is 0 Å². The molecule has 21 heavy (non-hydrogen) atoms. The fourth-order valence-corrected chi connectivity index (χ4v) is 2.11. The molecular formula is C12H7F2N5O2. The van der Waals surface area contributed by atoms with Crippen LogP contribution in [0, 0.1) is 0 Å². The molecule has 9 heteroatoms. The maximum atomic E-state index is 13.0. The van der Waals surface area contributed by atoms with E-state index in [-0.39, 0.29) is 17.4 Å². The van der Waals surface area contributed by atoms with E-state index in [2.05, 4.69) is 24.7 Å². The third-order valence-electron chi connectivity index (χ3n) is 3.02. The van der Waals surface area contributed by atoms with Crippen molar-refractivity contribution in [2.45, 2.75) is 6.29 Å². The maximum Gasteiger partial charge on any atom is 0.586 e. The first-order valence-electron chi connectivity index (χ1n) is 5.88. The van der Waals surface area contributed by atoms with Crippen molar-refractivity contribution in [3.05, 3.63) is 30.6 Å². The third kappa shape index (κ3) is 1.82. The first-order valence-corrected chi connectivity index (χ1v) is 5.88. The number of aromatic nitrogens is 4. The van der Waals surface area contributed by atoms with Gasteiger partial charge in [-0.25, -0.2) is 4.98 Å². The summed E-state index contributed by atoms with van der Waals surface area (Å²) < 4.78 is 36.3. The smallest absolute Gasteiger partial charge is 0.395 e. The Kier molecular flexibility index (Phi) is 2.13. The Balaban J connectivity index is 1.83. The quantitative estimate of drug-likeness (QED) is 0.734. The van der Waals surface area contributed by atoms with Crippen LogP contribution in [0.1, 0.15) is 0 Å². The van der Waals surface area contributed by atoms with Crippen LogP contribution in [0.4, 0.5) is 14.7 Å². The monoisotopic (exact) mass is 291 g/mol. The highest BCUT2D eigenvalue weighted by molar-refractivity contribution is 5.68. The Bertz CT molecular complexity index is 864. The van der Waals surface area contributed by atoms with E-state index in [1.807, 2.05) is 0 Å². The predicted octanol–water partition coefficient (Wildman–Crippen LogP) is 1.69. The molecule has 0 bridgehead atoms. The second kappa shape index (κ2) is 3.78. The van der Waals surface area contributed by atoms with Crippen molar-refractivity contribution in [2.75, 3.05) is 5.73 Å². The van der Waals surface area contributed by atoms with Gasteiger partial charge in [-0.15, -0.1) is 19.0 Å². The number of nitrogen functional groups attached to an aromatic ring is 1. The summed E-state index contributed by atoms with van der Waals surface area (Å²) in [7, 11) is 0. The number of ether oxygens (including phenoxy) is 2. The van der Waals surface area contributed by atoms with E-state index in [4.69, 9.17) is 5.73 Å². The summed E-state index contributed by atoms with van der Waals surface area (Å²) in [5.74, 6) is 0.106. The zero-order valence-electron chi connectivity index (χ0n) is 10.3. The molecule has 3 heterocycles. The number of fused-ring (bicyclic) bond motifs is 2. The molecule has 7 nitrogen and oxygen atoms in total. The van der Waals surface area contributed by atoms with Gasteiger partial charge in [0.2, 0.25) is 5.95 Å². The Morgan fingerprint density at radius 1 is 1.14 bits per heavy atom. The maximum absolute atomic E-state index is 13.0. The molecule has 2 aromatic heterocycles. The summed E-state index contributed by atoms with van der Waals surface area (Å²) in [6.07, 6.45) is -2.22. The number of hydrogen-bond donors (Lipinski definition) is 1. The van der Waals surface area contributed by atoms with Crippen molar-refractivity contribution >= 4 is 11.6 Å². The average Bonchev–Trinajstić information content (AvgIpc) is 2.99. The summed E-state index contributed by atoms with van der Waals surface area (Å²) in [6.45, 7) is 0. The van der Waals surface area contributed by atoms with Crippen molar-refractivity contribution in [1.29, 1.82) is 0 Å². The van der Waals surface area contributed by atoms with Gasteiger partial charge >= 0.3 is 6.29 Å². The summed E-state index contributed by atoms with van der Waals surface area (Å²) in [5.41, 5.74) is 7.31. The van der Waals surface area contributed by atoms with Crippen molar-refractivity contribution in [1.82, 2.24) is 19.6 Å². The largest absolute Gasteiger partial charge is 0.586 e. The van der Waals surface area contributed by atoms with Crippen LogP contribution in [0.25, 0.3) is 16.9 Å². The highest BCUT2D eigenvalue weighted by atomic mass is 19.3. The van der Waals surface area contributed by atoms with Crippen LogP contribution < -0.4 is 15.2 Å². The molecule has 106 valence electrons. The lowest BCUT2D eigenvalue weighted by molar-refractivity contribution is -0.286. The molecule has 0 unspecified atom stereocenters. The second-order valence-electron chi connectivity index (χ2n) is 4.39. The second-order valence-corrected chi connectivity index (χ2v) is 4.39. The summed E-state index contributed by atoms with van der Waals surface area (Å²) in [6, 6.07) is 6.01. The highest BCUT2D eigenvalue weighted by Crippen LogP contribution is 2.42. The summed E-state index contributed by atoms with van der Waals surface area (Å²) in [5, 5.41) is 7.60. The van der Waals surface area contributed by atoms with Gasteiger partial charge in [0.15, 0.2) is 17.1 Å². The Hall–Kier alpha value is -2.97. The third-order valence-corrected chi connectivity index (χ3v) is 3.02. The minimum absolute atomic E-state index is 0.0275. The zero-order valence-corrected chi connectivity index (χ0v) is 10.3. The van der Waals surface area contributed by atoms with Gasteiger partial charge < -0.3 is 15.2 Å². The summed E-state index contributed by atoms with van der Waals surface area (Å²) in [4.78, 5) is 4.18. The molecule has 0 saturated heterocycles. The fourth-order valence-electron chi connectivity index (χ4n) is 2.11. The first-order chi connectivity index (χ1) is 10.0. The summed E-state index contributed by atoms with van der Waals surface area (Å²) >= 11 is 0. The molecular weight excluding hydrogens is 284 g/mol. The number of anilines is 1. The number of nitrogens with zero attached hydrogens (tertiary/aromatic N) is 4. The topological polar surface area (TPSA) is 87.6 Å². The first kappa shape index (κ1) is 11.8. The number of benzene rings is 1. The van der Waals surface area contributed by atoms with E-state index >= 15 is 0 Å². The van der Waals surface area contributed by atoms with Gasteiger partial charge in [0.25, 0.3) is 0 Å². The zero-order chi connectivity index (χ0) is 14.6. The minimum atomic E-state index is -3.65. The van der Waals surface area contributed by atoms with Gasteiger partial charge in [-0.1, -0.05) is 0 Å². The molecule has 2 N–H and O–H groups in total. The van der Waals surface area contributed by atoms with Crippen molar-refractivity contribution in [3.8, 4) is 22.8 Å². The molecule has 0 radical (unpaired) electrons. The van der Waals surface area contributed by atoms with Gasteiger partial charge in [0, 0.05) is 11.6 Å². The highest BCUT2D eigenvalue weighted by Gasteiger charge is 2.43. The average molecular weight is 291 g/mol. The van der Waals surface area contributed by atoms with Crippen molar-refractivity contribution < 1.29 is 18.3 Å². The lowest BCUT2D eigenvalue weighted by atomic mass is 10.1. The van der Waals surface area contributed by atoms with Gasteiger partial charge in [0.05, 0.1) is 5.69 Å². The van der Waals surface area contributed by atoms with E-state index in [1.54, 1.807) is 12.1 Å². The molecule has 3 aromatic rings. The molecule has 1 aliphatic rings. The van der Waals surface area contributed by atoms with E-state index < -0.39 is 6.29 Å². The normalized spacial score (nSPS) is 15.5. The molecule has 0 atom stereocenters. The van der Waals surface area contributed by atoms with E-state index in [0.717, 1.165) is 0 Å². The van der Waals surface area contributed by atoms with Crippen molar-refractivity contribution in [2.24, 2.45) is 0 Å².